The highest BCUT2D eigenvalue weighted by atomic mass is 32.1. The van der Waals surface area contributed by atoms with Crippen molar-refractivity contribution >= 4 is 29.6 Å². The second-order valence-electron chi connectivity index (χ2n) is 7.02. The minimum absolute atomic E-state index is 0.120. The number of pyridine rings is 1. The Morgan fingerprint density at radius 1 is 1.24 bits per heavy atom. The Labute approximate surface area is 172 Å². The molecule has 29 heavy (non-hydrogen) atoms. The number of nitrogens with one attached hydrogen (secondary N) is 2. The molecule has 1 saturated heterocycles. The molecule has 3 aromatic rings. The van der Waals surface area contributed by atoms with Crippen molar-refractivity contribution in [3.05, 3.63) is 64.6 Å². The highest BCUT2D eigenvalue weighted by molar-refractivity contribution is 7.71. The number of rotatable bonds is 4. The maximum absolute atomic E-state index is 14.0. The fourth-order valence-electron chi connectivity index (χ4n) is 3.60. The molecule has 0 spiro atoms. The number of carbonyl (C=O) groups is 1. The van der Waals surface area contributed by atoms with Crippen LogP contribution in [0, 0.1) is 10.6 Å². The fraction of sp³-hybridized carbons (Fsp3) is 0.300. The topological polar surface area (TPSA) is 78.8 Å². The summed E-state index contributed by atoms with van der Waals surface area (Å²) < 4.78 is 16.5. The number of nitrogens with zero attached hydrogens (tertiary/aromatic N) is 4. The van der Waals surface area contributed by atoms with Gasteiger partial charge in [0.15, 0.2) is 4.77 Å². The zero-order chi connectivity index (χ0) is 20.4. The average molecular weight is 412 g/mol. The van der Waals surface area contributed by atoms with Gasteiger partial charge in [-0.1, -0.05) is 12.1 Å². The van der Waals surface area contributed by atoms with Gasteiger partial charge >= 0.3 is 0 Å². The number of hydrogen-bond acceptors (Lipinski definition) is 5. The molecule has 3 heterocycles. The Hall–Kier alpha value is -3.07. The number of anilines is 2. The van der Waals surface area contributed by atoms with Gasteiger partial charge in [-0.3, -0.25) is 9.89 Å². The van der Waals surface area contributed by atoms with Crippen LogP contribution in [0.5, 0.6) is 0 Å². The Bertz CT molecular complexity index is 1090. The first kappa shape index (κ1) is 19.3. The van der Waals surface area contributed by atoms with E-state index < -0.39 is 5.82 Å². The van der Waals surface area contributed by atoms with Crippen LogP contribution < -0.4 is 5.32 Å². The van der Waals surface area contributed by atoms with Crippen molar-refractivity contribution in [1.29, 1.82) is 0 Å². The Morgan fingerprint density at radius 2 is 2.00 bits per heavy atom. The third kappa shape index (κ3) is 3.91. The minimum Gasteiger partial charge on any atom is -0.338 e. The van der Waals surface area contributed by atoms with Crippen molar-refractivity contribution in [2.24, 2.45) is 7.05 Å². The number of benzene rings is 1. The van der Waals surface area contributed by atoms with Gasteiger partial charge in [0.05, 0.1) is 11.3 Å². The molecule has 9 heteroatoms. The van der Waals surface area contributed by atoms with Gasteiger partial charge in [0.25, 0.3) is 5.91 Å². The molecule has 1 aliphatic rings. The summed E-state index contributed by atoms with van der Waals surface area (Å²) in [5.74, 6) is 1.00. The monoisotopic (exact) mass is 412 g/mol. The highest BCUT2D eigenvalue weighted by Crippen LogP contribution is 2.28. The first-order valence-electron chi connectivity index (χ1n) is 9.41. The summed E-state index contributed by atoms with van der Waals surface area (Å²) >= 11 is 5.19. The van der Waals surface area contributed by atoms with Crippen molar-refractivity contribution in [3.63, 3.8) is 0 Å². The van der Waals surface area contributed by atoms with Crippen molar-refractivity contribution < 1.29 is 9.18 Å². The van der Waals surface area contributed by atoms with E-state index in [-0.39, 0.29) is 17.5 Å². The number of para-hydroxylation sites is 1. The standard InChI is InChI=1S/C20H21FN6OS/c1-26-18(24-25-20(26)29)13-8-11-27(12-9-13)19(28)14-5-4-10-22-17(14)23-16-7-3-2-6-15(16)21/h2-7,10,13H,8-9,11-12H2,1H3,(H,22,23)(H,25,29). The number of halogens is 1. The summed E-state index contributed by atoms with van der Waals surface area (Å²) in [6, 6.07) is 9.73. The van der Waals surface area contributed by atoms with Crippen molar-refractivity contribution in [3.8, 4) is 0 Å². The van der Waals surface area contributed by atoms with E-state index >= 15 is 0 Å². The van der Waals surface area contributed by atoms with Gasteiger partial charge in [-0.15, -0.1) is 0 Å². The zero-order valence-corrected chi connectivity index (χ0v) is 16.7. The summed E-state index contributed by atoms with van der Waals surface area (Å²) in [6.07, 6.45) is 3.18. The number of aromatic amines is 1. The third-order valence-corrected chi connectivity index (χ3v) is 5.59. The quantitative estimate of drug-likeness (QED) is 0.638. The molecule has 2 aromatic heterocycles. The van der Waals surface area contributed by atoms with Gasteiger partial charge in [0, 0.05) is 32.3 Å². The van der Waals surface area contributed by atoms with E-state index in [2.05, 4.69) is 20.5 Å². The predicted octanol–water partition coefficient (Wildman–Crippen LogP) is 3.78. The first-order chi connectivity index (χ1) is 14.0. The molecule has 1 aliphatic heterocycles. The minimum atomic E-state index is -0.398. The normalized spacial score (nSPS) is 14.8. The lowest BCUT2D eigenvalue weighted by molar-refractivity contribution is 0.0711. The van der Waals surface area contributed by atoms with E-state index in [0.29, 0.717) is 29.2 Å². The molecular formula is C20H21FN6OS. The summed E-state index contributed by atoms with van der Waals surface area (Å²) in [6.45, 7) is 1.22. The number of aromatic nitrogens is 4. The van der Waals surface area contributed by atoms with Crippen LogP contribution in [0.2, 0.25) is 0 Å². The largest absolute Gasteiger partial charge is 0.338 e. The second-order valence-corrected chi connectivity index (χ2v) is 7.40. The van der Waals surface area contributed by atoms with Crippen LogP contribution in [-0.4, -0.2) is 43.6 Å². The van der Waals surface area contributed by atoms with Gasteiger partial charge in [0.2, 0.25) is 0 Å². The molecule has 0 unspecified atom stereocenters. The van der Waals surface area contributed by atoms with E-state index in [4.69, 9.17) is 12.2 Å². The Morgan fingerprint density at radius 3 is 2.69 bits per heavy atom. The number of piperidine rings is 1. The maximum atomic E-state index is 14.0. The molecule has 0 aliphatic carbocycles. The van der Waals surface area contributed by atoms with Crippen LogP contribution in [0.15, 0.2) is 42.6 Å². The van der Waals surface area contributed by atoms with Gasteiger partial charge < -0.3 is 14.8 Å². The predicted molar refractivity (Wildman–Crippen MR) is 110 cm³/mol. The molecule has 1 aromatic carbocycles. The number of H-pyrrole nitrogens is 1. The Balaban J connectivity index is 1.49. The Kier molecular flexibility index (Phi) is 5.39. The molecule has 2 N–H and O–H groups in total. The molecule has 0 saturated carbocycles. The van der Waals surface area contributed by atoms with Crippen LogP contribution >= 0.6 is 12.2 Å². The molecule has 1 fully saturated rings. The zero-order valence-electron chi connectivity index (χ0n) is 15.9. The van der Waals surface area contributed by atoms with Crippen LogP contribution in [0.25, 0.3) is 0 Å². The van der Waals surface area contributed by atoms with Gasteiger partial charge in [-0.25, -0.2) is 9.37 Å². The molecular weight excluding hydrogens is 391 g/mol. The smallest absolute Gasteiger partial charge is 0.257 e. The van der Waals surface area contributed by atoms with Crippen LogP contribution in [0.1, 0.15) is 34.9 Å². The molecule has 0 atom stereocenters. The number of carbonyl (C=O) groups excluding carboxylic acids is 1. The van der Waals surface area contributed by atoms with Gasteiger partial charge in [-0.2, -0.15) is 5.10 Å². The van der Waals surface area contributed by atoms with Crippen LogP contribution in [0.3, 0.4) is 0 Å². The van der Waals surface area contributed by atoms with Crippen LogP contribution in [-0.2, 0) is 7.05 Å². The average Bonchev–Trinajstić information content (AvgIpc) is 3.08. The molecule has 1 amide bonds. The molecule has 4 rings (SSSR count). The first-order valence-corrected chi connectivity index (χ1v) is 9.82. The summed E-state index contributed by atoms with van der Waals surface area (Å²) in [4.78, 5) is 19.2. The number of hydrogen-bond donors (Lipinski definition) is 2. The lowest BCUT2D eigenvalue weighted by Gasteiger charge is -2.31. The van der Waals surface area contributed by atoms with E-state index in [9.17, 15) is 9.18 Å². The highest BCUT2D eigenvalue weighted by Gasteiger charge is 2.28. The van der Waals surface area contributed by atoms with Gasteiger partial charge in [0.1, 0.15) is 17.5 Å². The van der Waals surface area contributed by atoms with E-state index in [1.807, 2.05) is 11.6 Å². The maximum Gasteiger partial charge on any atom is 0.257 e. The van der Waals surface area contributed by atoms with Crippen molar-refractivity contribution in [1.82, 2.24) is 24.6 Å². The lowest BCUT2D eigenvalue weighted by atomic mass is 9.95. The van der Waals surface area contributed by atoms with Crippen LogP contribution in [0.4, 0.5) is 15.9 Å². The van der Waals surface area contributed by atoms with Gasteiger partial charge in [-0.05, 0) is 49.3 Å². The lowest BCUT2D eigenvalue weighted by Crippen LogP contribution is -2.38. The summed E-state index contributed by atoms with van der Waals surface area (Å²) in [7, 11) is 1.90. The molecule has 0 bridgehead atoms. The van der Waals surface area contributed by atoms with Crippen molar-refractivity contribution in [2.45, 2.75) is 18.8 Å². The number of amides is 1. The van der Waals surface area contributed by atoms with E-state index in [1.54, 1.807) is 41.4 Å². The molecule has 0 radical (unpaired) electrons. The van der Waals surface area contributed by atoms with E-state index in [1.165, 1.54) is 6.07 Å². The van der Waals surface area contributed by atoms with Crippen molar-refractivity contribution in [2.75, 3.05) is 18.4 Å². The fourth-order valence-corrected chi connectivity index (χ4v) is 3.74. The molecule has 7 nitrogen and oxygen atoms in total. The van der Waals surface area contributed by atoms with E-state index in [0.717, 1.165) is 18.7 Å². The second kappa shape index (κ2) is 8.12. The summed E-state index contributed by atoms with van der Waals surface area (Å²) in [5, 5.41) is 10.1. The SMILES string of the molecule is Cn1c(C2CCN(C(=O)c3cccnc3Nc3ccccc3F)CC2)n[nH]c1=S. The summed E-state index contributed by atoms with van der Waals surface area (Å²) in [5.41, 5.74) is 0.706. The third-order valence-electron chi connectivity index (χ3n) is 5.23. The molecule has 150 valence electrons. The number of likely N-dealkylation sites (tertiary alicyclic amines) is 1.